The molecule has 1 aromatic carbocycles. The van der Waals surface area contributed by atoms with Gasteiger partial charge in [0.25, 0.3) is 0 Å². The zero-order valence-electron chi connectivity index (χ0n) is 11.7. The quantitative estimate of drug-likeness (QED) is 0.812. The molecule has 0 amide bonds. The summed E-state index contributed by atoms with van der Waals surface area (Å²) in [4.78, 5) is -0.233. The van der Waals surface area contributed by atoms with Crippen molar-refractivity contribution in [1.29, 1.82) is 0 Å². The van der Waals surface area contributed by atoms with Gasteiger partial charge in [0.2, 0.25) is 0 Å². The summed E-state index contributed by atoms with van der Waals surface area (Å²) in [5.74, 6) is 0.592. The summed E-state index contributed by atoms with van der Waals surface area (Å²) in [5.41, 5.74) is 5.16. The van der Waals surface area contributed by atoms with Crippen LogP contribution in [0.2, 0.25) is 0 Å². The molecule has 0 aromatic heterocycles. The molecule has 1 aliphatic carbocycles. The molecule has 0 aliphatic heterocycles. The molecule has 2 nitrogen and oxygen atoms in total. The van der Waals surface area contributed by atoms with Crippen LogP contribution in [0.1, 0.15) is 43.2 Å². The number of rotatable bonds is 4. The summed E-state index contributed by atoms with van der Waals surface area (Å²) in [5, 5.41) is 3.21. The number of benzene rings is 1. The summed E-state index contributed by atoms with van der Waals surface area (Å²) < 4.78 is 38.6. The van der Waals surface area contributed by atoms with E-state index in [0.717, 1.165) is 12.6 Å². The van der Waals surface area contributed by atoms with Gasteiger partial charge in [-0.05, 0) is 37.0 Å². The van der Waals surface area contributed by atoms with Crippen LogP contribution in [-0.2, 0) is 6.18 Å². The molecule has 1 aromatic rings. The molecule has 3 N–H and O–H groups in total. The molecule has 0 heterocycles. The van der Waals surface area contributed by atoms with Crippen molar-refractivity contribution >= 4 is 22.9 Å². The van der Waals surface area contributed by atoms with Crippen LogP contribution < -0.4 is 11.1 Å². The Balaban J connectivity index is 2.10. The van der Waals surface area contributed by atoms with Crippen molar-refractivity contribution in [3.8, 4) is 0 Å². The van der Waals surface area contributed by atoms with E-state index in [1.54, 1.807) is 0 Å². The number of hydrogen-bond acceptors (Lipinski definition) is 2. The van der Waals surface area contributed by atoms with Gasteiger partial charge in [-0.1, -0.05) is 31.5 Å². The maximum Gasteiger partial charge on any atom is 0.417 e. The maximum absolute atomic E-state index is 12.9. The number of halogens is 3. The molecule has 21 heavy (non-hydrogen) atoms. The number of nitrogens with two attached hydrogens (primary N) is 1. The molecular weight excluding hydrogens is 297 g/mol. The van der Waals surface area contributed by atoms with Crippen LogP contribution in [0.25, 0.3) is 0 Å². The third-order valence-electron chi connectivity index (χ3n) is 3.91. The van der Waals surface area contributed by atoms with E-state index in [1.807, 2.05) is 0 Å². The second kappa shape index (κ2) is 6.64. The van der Waals surface area contributed by atoms with Crippen LogP contribution in [0.3, 0.4) is 0 Å². The van der Waals surface area contributed by atoms with E-state index in [1.165, 1.54) is 44.2 Å². The van der Waals surface area contributed by atoms with Gasteiger partial charge in [-0.2, -0.15) is 13.2 Å². The smallest absolute Gasteiger partial charge is 0.389 e. The average Bonchev–Trinajstić information content (AvgIpc) is 2.45. The van der Waals surface area contributed by atoms with Crippen LogP contribution in [0.4, 0.5) is 18.9 Å². The molecule has 0 spiro atoms. The Hall–Kier alpha value is -1.30. The van der Waals surface area contributed by atoms with Gasteiger partial charge in [0, 0.05) is 17.8 Å². The van der Waals surface area contributed by atoms with Gasteiger partial charge in [-0.15, -0.1) is 0 Å². The molecule has 0 saturated heterocycles. The summed E-state index contributed by atoms with van der Waals surface area (Å²) in [6.07, 6.45) is 1.66. The van der Waals surface area contributed by atoms with E-state index >= 15 is 0 Å². The van der Waals surface area contributed by atoms with Crippen LogP contribution in [0.5, 0.6) is 0 Å². The Morgan fingerprint density at radius 3 is 2.48 bits per heavy atom. The van der Waals surface area contributed by atoms with Crippen molar-refractivity contribution in [2.45, 2.75) is 38.3 Å². The lowest BCUT2D eigenvalue weighted by Gasteiger charge is -2.22. The highest BCUT2D eigenvalue weighted by Crippen LogP contribution is 2.33. The number of thiocarbonyl (C=S) groups is 1. The predicted molar refractivity (Wildman–Crippen MR) is 82.4 cm³/mol. The lowest BCUT2D eigenvalue weighted by Crippen LogP contribution is -2.20. The lowest BCUT2D eigenvalue weighted by atomic mass is 9.89. The average molecular weight is 316 g/mol. The normalized spacial score (nSPS) is 16.7. The van der Waals surface area contributed by atoms with Gasteiger partial charge in [0.05, 0.1) is 5.56 Å². The second-order valence-electron chi connectivity index (χ2n) is 5.51. The highest BCUT2D eigenvalue weighted by molar-refractivity contribution is 7.80. The first-order valence-corrected chi connectivity index (χ1v) is 7.53. The van der Waals surface area contributed by atoms with Crippen molar-refractivity contribution in [2.24, 2.45) is 11.7 Å². The molecule has 0 radical (unpaired) electrons. The second-order valence-corrected chi connectivity index (χ2v) is 5.95. The van der Waals surface area contributed by atoms with E-state index in [9.17, 15) is 13.2 Å². The molecule has 0 bridgehead atoms. The van der Waals surface area contributed by atoms with Gasteiger partial charge < -0.3 is 11.1 Å². The summed E-state index contributed by atoms with van der Waals surface area (Å²) in [6.45, 7) is 0.780. The molecule has 6 heteroatoms. The zero-order valence-corrected chi connectivity index (χ0v) is 12.5. The Bertz CT molecular complexity index is 508. The minimum Gasteiger partial charge on any atom is -0.389 e. The van der Waals surface area contributed by atoms with Gasteiger partial charge in [0.1, 0.15) is 4.99 Å². The number of alkyl halides is 3. The fourth-order valence-electron chi connectivity index (χ4n) is 2.76. The Morgan fingerprint density at radius 1 is 1.24 bits per heavy atom. The molecule has 0 atom stereocenters. The Labute approximate surface area is 127 Å². The zero-order chi connectivity index (χ0) is 15.5. The third-order valence-corrected chi connectivity index (χ3v) is 4.13. The Kier molecular flexibility index (Phi) is 5.08. The molecule has 1 aliphatic rings. The number of hydrogen-bond donors (Lipinski definition) is 2. The number of nitrogens with one attached hydrogen (secondary N) is 1. The Morgan fingerprint density at radius 2 is 1.90 bits per heavy atom. The molecule has 0 unspecified atom stereocenters. The van der Waals surface area contributed by atoms with Gasteiger partial charge in [0.15, 0.2) is 0 Å². The fourth-order valence-corrected chi connectivity index (χ4v) is 2.93. The maximum atomic E-state index is 12.9. The number of anilines is 1. The van der Waals surface area contributed by atoms with Crippen molar-refractivity contribution < 1.29 is 13.2 Å². The molecule has 1 saturated carbocycles. The van der Waals surface area contributed by atoms with Crippen LogP contribution in [0.15, 0.2) is 18.2 Å². The monoisotopic (exact) mass is 316 g/mol. The highest BCUT2D eigenvalue weighted by Gasteiger charge is 2.34. The van der Waals surface area contributed by atoms with Crippen LogP contribution in [0, 0.1) is 5.92 Å². The van der Waals surface area contributed by atoms with E-state index in [-0.39, 0.29) is 10.6 Å². The first kappa shape index (κ1) is 16.1. The largest absolute Gasteiger partial charge is 0.417 e. The summed E-state index contributed by atoms with van der Waals surface area (Å²) in [6, 6.07) is 3.87. The summed E-state index contributed by atoms with van der Waals surface area (Å²) in [7, 11) is 0. The molecular formula is C15H19F3N2S. The van der Waals surface area contributed by atoms with Crippen molar-refractivity contribution in [2.75, 3.05) is 11.9 Å². The highest BCUT2D eigenvalue weighted by atomic mass is 32.1. The lowest BCUT2D eigenvalue weighted by molar-refractivity contribution is -0.137. The van der Waals surface area contributed by atoms with E-state index < -0.39 is 11.7 Å². The van der Waals surface area contributed by atoms with Crippen molar-refractivity contribution in [1.82, 2.24) is 0 Å². The minimum absolute atomic E-state index is 0.119. The van der Waals surface area contributed by atoms with E-state index in [4.69, 9.17) is 18.0 Å². The molecule has 2 rings (SSSR count). The van der Waals surface area contributed by atoms with Gasteiger partial charge in [-0.3, -0.25) is 0 Å². The first-order valence-electron chi connectivity index (χ1n) is 7.13. The van der Waals surface area contributed by atoms with Crippen molar-refractivity contribution in [3.63, 3.8) is 0 Å². The van der Waals surface area contributed by atoms with Crippen LogP contribution in [-0.4, -0.2) is 11.5 Å². The fraction of sp³-hybridized carbons (Fsp3) is 0.533. The first-order chi connectivity index (χ1) is 9.88. The van der Waals surface area contributed by atoms with Gasteiger partial charge >= 0.3 is 6.18 Å². The van der Waals surface area contributed by atoms with E-state index in [0.29, 0.717) is 11.6 Å². The van der Waals surface area contributed by atoms with Gasteiger partial charge in [-0.25, -0.2) is 0 Å². The molecule has 116 valence electrons. The SMILES string of the molecule is NC(=S)c1cc(NCC2CCCCC2)ccc1C(F)(F)F. The van der Waals surface area contributed by atoms with Crippen LogP contribution >= 0.6 is 12.2 Å². The third kappa shape index (κ3) is 4.33. The standard InChI is InChI=1S/C15H19F3N2S/c16-15(17,18)13-7-6-11(8-12(13)14(19)21)20-9-10-4-2-1-3-5-10/h6-8,10,20H,1-5,9H2,(H2,19,21). The van der Waals surface area contributed by atoms with E-state index in [2.05, 4.69) is 5.32 Å². The van der Waals surface area contributed by atoms with Crippen molar-refractivity contribution in [3.05, 3.63) is 29.3 Å². The minimum atomic E-state index is -4.44. The molecule has 1 fully saturated rings. The topological polar surface area (TPSA) is 38.0 Å². The summed E-state index contributed by atoms with van der Waals surface area (Å²) >= 11 is 4.74. The predicted octanol–water partition coefficient (Wildman–Crippen LogP) is 4.33.